The van der Waals surface area contributed by atoms with Crippen molar-refractivity contribution in [2.45, 2.75) is 31.7 Å². The molecule has 1 aliphatic heterocycles. The van der Waals surface area contributed by atoms with Crippen molar-refractivity contribution in [3.05, 3.63) is 32.6 Å². The Bertz CT molecular complexity index is 1030. The molecule has 1 aliphatic rings. The number of aromatic amines is 1. The van der Waals surface area contributed by atoms with E-state index < -0.39 is 59.7 Å². The van der Waals surface area contributed by atoms with Crippen LogP contribution in [-0.4, -0.2) is 28.3 Å². The van der Waals surface area contributed by atoms with E-state index in [1.807, 2.05) is 4.98 Å². The summed E-state index contributed by atoms with van der Waals surface area (Å²) in [6, 6.07) is -0.877. The fourth-order valence-corrected chi connectivity index (χ4v) is 5.20. The molecular formula is C10H14Li4N3O13P3. The van der Waals surface area contributed by atoms with Gasteiger partial charge in [-0.25, -0.2) is 9.11 Å². The normalized spacial score (nSPS) is 23.5. The average molecular weight is 505 g/mol. The summed E-state index contributed by atoms with van der Waals surface area (Å²) in [5.41, 5.74) is 4.56. The van der Waals surface area contributed by atoms with Crippen LogP contribution >= 0.6 is 23.5 Å². The first-order valence-electron chi connectivity index (χ1n) is 7.53. The minimum absolute atomic E-state index is 0. The average Bonchev–Trinajstić information content (AvgIpc) is 2.86. The van der Waals surface area contributed by atoms with Crippen molar-refractivity contribution in [2.75, 3.05) is 6.61 Å². The number of hydrogen-bond donors (Lipinski definition) is 2. The van der Waals surface area contributed by atoms with E-state index in [0.29, 0.717) is 0 Å². The Morgan fingerprint density at radius 2 is 1.64 bits per heavy atom. The third-order valence-electron chi connectivity index (χ3n) is 3.54. The Labute approximate surface area is 234 Å². The SMILES string of the molecule is Cc1cn([C@H]2C[C@H](N)[C@@H](COP(=O)([O-])OP(=O)([O-])OP(=O)([O-])[O-])O2)c(=O)[nH]c1=O.[Li+].[Li+].[Li+].[Li+]. The topological polar surface area (TPSA) is 261 Å². The van der Waals surface area contributed by atoms with Crippen LogP contribution in [0.15, 0.2) is 15.8 Å². The third-order valence-corrected chi connectivity index (χ3v) is 7.20. The van der Waals surface area contributed by atoms with Crippen molar-refractivity contribution in [1.29, 1.82) is 0 Å². The van der Waals surface area contributed by atoms with E-state index in [2.05, 4.69) is 13.1 Å². The van der Waals surface area contributed by atoms with Gasteiger partial charge in [-0.3, -0.25) is 27.8 Å². The van der Waals surface area contributed by atoms with E-state index in [-0.39, 0.29) is 87.4 Å². The van der Waals surface area contributed by atoms with Crippen LogP contribution in [0.4, 0.5) is 0 Å². The zero-order valence-corrected chi connectivity index (χ0v) is 21.1. The van der Waals surface area contributed by atoms with Gasteiger partial charge in [0, 0.05) is 24.2 Å². The van der Waals surface area contributed by atoms with Crippen molar-refractivity contribution in [3.63, 3.8) is 0 Å². The molecule has 1 fully saturated rings. The van der Waals surface area contributed by atoms with Gasteiger partial charge in [-0.15, -0.1) is 0 Å². The second-order valence-corrected chi connectivity index (χ2v) is 10.1. The fraction of sp³-hybridized carbons (Fsp3) is 0.600. The van der Waals surface area contributed by atoms with Crippen LogP contribution < -0.4 is 112 Å². The van der Waals surface area contributed by atoms with E-state index in [0.717, 1.165) is 4.57 Å². The van der Waals surface area contributed by atoms with Gasteiger partial charge in [-0.2, -0.15) is 0 Å². The summed E-state index contributed by atoms with van der Waals surface area (Å²) < 4.78 is 50.0. The number of aryl methyl sites for hydroxylation is 1. The molecular weight excluding hydrogens is 491 g/mol. The maximum atomic E-state index is 11.9. The number of rotatable bonds is 8. The summed E-state index contributed by atoms with van der Waals surface area (Å²) in [6.45, 7) is 0.559. The molecule has 0 saturated carbocycles. The van der Waals surface area contributed by atoms with Crippen LogP contribution in [0, 0.1) is 6.92 Å². The molecule has 0 aromatic carbocycles. The summed E-state index contributed by atoms with van der Waals surface area (Å²) in [5.74, 6) is 0. The van der Waals surface area contributed by atoms with Gasteiger partial charge in [-0.1, -0.05) is 0 Å². The molecule has 3 N–H and O–H groups in total. The van der Waals surface area contributed by atoms with E-state index in [1.54, 1.807) is 0 Å². The molecule has 1 aromatic rings. The van der Waals surface area contributed by atoms with Crippen molar-refractivity contribution in [2.24, 2.45) is 5.73 Å². The maximum Gasteiger partial charge on any atom is 1.00 e. The number of H-pyrrole nitrogens is 1. The first-order chi connectivity index (χ1) is 13.1. The predicted molar refractivity (Wildman–Crippen MR) is 83.5 cm³/mol. The number of nitrogens with zero attached hydrogens (tertiary/aromatic N) is 1. The quantitative estimate of drug-likeness (QED) is 0.246. The van der Waals surface area contributed by atoms with Crippen molar-refractivity contribution < 1.29 is 127 Å². The monoisotopic (exact) mass is 505 g/mol. The summed E-state index contributed by atoms with van der Waals surface area (Å²) in [6.07, 6.45) is -0.947. The fourth-order valence-electron chi connectivity index (χ4n) is 2.33. The molecule has 0 aliphatic carbocycles. The number of nitrogens with two attached hydrogens (primary N) is 1. The molecule has 1 aromatic heterocycles. The van der Waals surface area contributed by atoms with E-state index in [4.69, 9.17) is 10.5 Å². The van der Waals surface area contributed by atoms with Gasteiger partial charge in [-0.05, 0) is 6.92 Å². The molecule has 0 bridgehead atoms. The number of phosphoric ester groups is 1. The van der Waals surface area contributed by atoms with Crippen molar-refractivity contribution in [1.82, 2.24) is 9.55 Å². The molecule has 2 rings (SSSR count). The van der Waals surface area contributed by atoms with Crippen molar-refractivity contribution >= 4 is 23.5 Å². The molecule has 23 heteroatoms. The first kappa shape index (κ1) is 38.9. The minimum atomic E-state index is -6.10. The van der Waals surface area contributed by atoms with Gasteiger partial charge in [0.15, 0.2) is 0 Å². The molecule has 1 saturated heterocycles. The van der Waals surface area contributed by atoms with Crippen LogP contribution in [-0.2, 0) is 31.6 Å². The molecule has 33 heavy (non-hydrogen) atoms. The Balaban J connectivity index is -0.00000225. The summed E-state index contributed by atoms with van der Waals surface area (Å²) >= 11 is 0. The molecule has 0 amide bonds. The van der Waals surface area contributed by atoms with Crippen LogP contribution in [0.5, 0.6) is 0 Å². The molecule has 2 unspecified atom stereocenters. The van der Waals surface area contributed by atoms with Crippen molar-refractivity contribution in [3.8, 4) is 0 Å². The van der Waals surface area contributed by atoms with Crippen LogP contribution in [0.25, 0.3) is 0 Å². The van der Waals surface area contributed by atoms with E-state index in [1.165, 1.54) is 13.1 Å². The molecule has 5 atom stereocenters. The van der Waals surface area contributed by atoms with Crippen LogP contribution in [0.3, 0.4) is 0 Å². The minimum Gasteiger partial charge on any atom is -0.790 e. The third kappa shape index (κ3) is 12.5. The van der Waals surface area contributed by atoms with Gasteiger partial charge in [0.25, 0.3) is 21.2 Å². The van der Waals surface area contributed by atoms with Gasteiger partial charge < -0.3 is 39.1 Å². The smallest absolute Gasteiger partial charge is 0.790 e. The molecule has 0 radical (unpaired) electrons. The van der Waals surface area contributed by atoms with Crippen LogP contribution in [0.1, 0.15) is 18.2 Å². The summed E-state index contributed by atoms with van der Waals surface area (Å²) in [7, 11) is -17.9. The van der Waals surface area contributed by atoms with Crippen LogP contribution in [0.2, 0.25) is 0 Å². The second kappa shape index (κ2) is 15.0. The Morgan fingerprint density at radius 3 is 2.15 bits per heavy atom. The Kier molecular flexibility index (Phi) is 17.7. The van der Waals surface area contributed by atoms with E-state index >= 15 is 0 Å². The Hall–Kier alpha value is 1.40. The number of phosphoric acid groups is 3. The van der Waals surface area contributed by atoms with E-state index in [9.17, 15) is 42.9 Å². The summed E-state index contributed by atoms with van der Waals surface area (Å²) in [5, 5.41) is 0. The van der Waals surface area contributed by atoms with Gasteiger partial charge in [0.2, 0.25) is 0 Å². The number of aromatic nitrogens is 2. The van der Waals surface area contributed by atoms with Gasteiger partial charge >= 0.3 is 81.1 Å². The standard InChI is InChI=1S/C10H18N3O13P3.4Li/c1-5-3-13(10(15)12-9(5)14)8-2-6(11)7(24-8)4-23-28(19,20)26-29(21,22)25-27(16,17)18;;;;/h3,6-8H,2,4,11H2,1H3,(H,19,20)(H,21,22)(H,12,14,15)(H2,16,17,18);;;;/q;4*+1/p-4/t6-,7+,8+;;;;/m0..../s1. The summed E-state index contributed by atoms with van der Waals surface area (Å²) in [4.78, 5) is 68.5. The number of ether oxygens (including phenoxy) is 1. The van der Waals surface area contributed by atoms with Gasteiger partial charge in [0.1, 0.15) is 6.23 Å². The number of nitrogens with one attached hydrogen (secondary N) is 1. The molecule has 2 heterocycles. The zero-order valence-electron chi connectivity index (χ0n) is 18.4. The zero-order chi connectivity index (χ0) is 22.2. The first-order valence-corrected chi connectivity index (χ1v) is 11.9. The maximum absolute atomic E-state index is 11.9. The largest absolute Gasteiger partial charge is 1.00 e. The molecule has 0 spiro atoms. The second-order valence-electron chi connectivity index (χ2n) is 5.81. The predicted octanol–water partition coefficient (Wildman–Crippen LogP) is -15.7. The Morgan fingerprint density at radius 1 is 1.09 bits per heavy atom. The van der Waals surface area contributed by atoms with Gasteiger partial charge in [0.05, 0.1) is 20.5 Å². The molecule has 166 valence electrons. The molecule has 16 nitrogen and oxygen atoms in total. The number of hydrogen-bond acceptors (Lipinski definition) is 14.